The van der Waals surface area contributed by atoms with Gasteiger partial charge in [-0.3, -0.25) is 4.79 Å². The molecule has 4 nitrogen and oxygen atoms in total. The van der Waals surface area contributed by atoms with Gasteiger partial charge < -0.3 is 15.8 Å². The molecule has 1 aliphatic carbocycles. The van der Waals surface area contributed by atoms with E-state index in [-0.39, 0.29) is 5.91 Å². The number of carbonyl (C=O) groups excluding carboxylic acids is 1. The predicted molar refractivity (Wildman–Crippen MR) is 88.7 cm³/mol. The summed E-state index contributed by atoms with van der Waals surface area (Å²) < 4.78 is 5.56. The van der Waals surface area contributed by atoms with Crippen LogP contribution in [0.5, 0.6) is 5.75 Å². The molecule has 1 amide bonds. The van der Waals surface area contributed by atoms with E-state index < -0.39 is 0 Å². The Hall–Kier alpha value is -1.36. The molecule has 1 aromatic rings. The van der Waals surface area contributed by atoms with Gasteiger partial charge in [-0.2, -0.15) is 11.8 Å². The van der Waals surface area contributed by atoms with Crippen LogP contribution in [0.2, 0.25) is 0 Å². The van der Waals surface area contributed by atoms with E-state index in [1.165, 1.54) is 12.8 Å². The average molecular weight is 308 g/mol. The predicted octanol–water partition coefficient (Wildman–Crippen LogP) is 2.83. The topological polar surface area (TPSA) is 64.3 Å². The van der Waals surface area contributed by atoms with Gasteiger partial charge in [0, 0.05) is 11.3 Å². The SMILES string of the molecule is CCSC1CCCC1NC(=O)CCOc1ccccc1N. The van der Waals surface area contributed by atoms with E-state index in [1.54, 1.807) is 6.07 Å². The zero-order chi connectivity index (χ0) is 15.1. The number of nitrogens with one attached hydrogen (secondary N) is 1. The van der Waals surface area contributed by atoms with E-state index in [0.29, 0.717) is 35.8 Å². The van der Waals surface area contributed by atoms with Gasteiger partial charge in [-0.25, -0.2) is 0 Å². The Morgan fingerprint density at radius 2 is 2.24 bits per heavy atom. The Morgan fingerprint density at radius 3 is 3.00 bits per heavy atom. The van der Waals surface area contributed by atoms with Crippen molar-refractivity contribution in [3.8, 4) is 5.75 Å². The maximum atomic E-state index is 12.0. The first-order valence-corrected chi connectivity index (χ1v) is 8.64. The molecule has 116 valence electrons. The molecule has 2 atom stereocenters. The monoisotopic (exact) mass is 308 g/mol. The van der Waals surface area contributed by atoms with Crippen LogP contribution in [0.15, 0.2) is 24.3 Å². The standard InChI is InChI=1S/C16H24N2O2S/c1-2-21-15-9-5-7-13(15)18-16(19)10-11-20-14-8-4-3-6-12(14)17/h3-4,6,8,13,15H,2,5,7,9-11,17H2,1H3,(H,18,19). The molecule has 0 spiro atoms. The highest BCUT2D eigenvalue weighted by atomic mass is 32.2. The average Bonchev–Trinajstić information content (AvgIpc) is 2.89. The van der Waals surface area contributed by atoms with E-state index in [2.05, 4.69) is 12.2 Å². The van der Waals surface area contributed by atoms with Crippen LogP contribution in [0.1, 0.15) is 32.6 Å². The Morgan fingerprint density at radius 1 is 1.43 bits per heavy atom. The van der Waals surface area contributed by atoms with E-state index in [9.17, 15) is 4.79 Å². The fraction of sp³-hybridized carbons (Fsp3) is 0.562. The molecule has 2 unspecified atom stereocenters. The lowest BCUT2D eigenvalue weighted by atomic mass is 10.2. The fourth-order valence-corrected chi connectivity index (χ4v) is 3.85. The van der Waals surface area contributed by atoms with Gasteiger partial charge in [0.25, 0.3) is 0 Å². The Bertz CT molecular complexity index is 467. The van der Waals surface area contributed by atoms with Crippen LogP contribution in [0.4, 0.5) is 5.69 Å². The van der Waals surface area contributed by atoms with Gasteiger partial charge in [-0.15, -0.1) is 0 Å². The molecule has 1 fully saturated rings. The van der Waals surface area contributed by atoms with Crippen molar-refractivity contribution in [3.05, 3.63) is 24.3 Å². The van der Waals surface area contributed by atoms with Crippen molar-refractivity contribution in [2.45, 2.75) is 43.9 Å². The van der Waals surface area contributed by atoms with Crippen LogP contribution in [-0.2, 0) is 4.79 Å². The first kappa shape index (κ1) is 16.0. The molecule has 0 aliphatic heterocycles. The Kier molecular flexibility index (Phi) is 6.23. The number of ether oxygens (including phenoxy) is 1. The minimum Gasteiger partial charge on any atom is -0.491 e. The molecular weight excluding hydrogens is 284 g/mol. The number of hydrogen-bond donors (Lipinski definition) is 2. The molecule has 1 saturated carbocycles. The molecule has 2 rings (SSSR count). The largest absolute Gasteiger partial charge is 0.491 e. The van der Waals surface area contributed by atoms with E-state index in [1.807, 2.05) is 30.0 Å². The summed E-state index contributed by atoms with van der Waals surface area (Å²) in [5.41, 5.74) is 6.40. The van der Waals surface area contributed by atoms with Crippen molar-refractivity contribution < 1.29 is 9.53 Å². The number of rotatable bonds is 7. The second-order valence-electron chi connectivity index (χ2n) is 5.23. The summed E-state index contributed by atoms with van der Waals surface area (Å²) in [5, 5.41) is 3.72. The molecule has 1 aliphatic rings. The van der Waals surface area contributed by atoms with Crippen molar-refractivity contribution in [2.24, 2.45) is 0 Å². The second-order valence-corrected chi connectivity index (χ2v) is 6.75. The van der Waals surface area contributed by atoms with Crippen LogP contribution >= 0.6 is 11.8 Å². The maximum Gasteiger partial charge on any atom is 0.223 e. The zero-order valence-corrected chi connectivity index (χ0v) is 13.3. The quantitative estimate of drug-likeness (QED) is 0.760. The van der Waals surface area contributed by atoms with E-state index in [4.69, 9.17) is 10.5 Å². The molecule has 1 aromatic carbocycles. The first-order valence-electron chi connectivity index (χ1n) is 7.59. The third kappa shape index (κ3) is 4.84. The van der Waals surface area contributed by atoms with Gasteiger partial charge in [0.15, 0.2) is 0 Å². The Labute approximate surface area is 130 Å². The number of benzene rings is 1. The summed E-state index contributed by atoms with van der Waals surface area (Å²) in [6.07, 6.45) is 3.88. The lowest BCUT2D eigenvalue weighted by molar-refractivity contribution is -0.122. The molecule has 5 heteroatoms. The number of nitrogen functional groups attached to an aromatic ring is 1. The third-order valence-corrected chi connectivity index (χ3v) is 5.01. The number of para-hydroxylation sites is 2. The third-order valence-electron chi connectivity index (χ3n) is 3.69. The van der Waals surface area contributed by atoms with Crippen LogP contribution in [0.3, 0.4) is 0 Å². The number of thioether (sulfide) groups is 1. The molecule has 0 bridgehead atoms. The summed E-state index contributed by atoms with van der Waals surface area (Å²) >= 11 is 1.95. The molecule has 0 radical (unpaired) electrons. The number of anilines is 1. The normalized spacial score (nSPS) is 21.2. The van der Waals surface area contributed by atoms with E-state index >= 15 is 0 Å². The van der Waals surface area contributed by atoms with Crippen molar-refractivity contribution in [1.82, 2.24) is 5.32 Å². The molecular formula is C16H24N2O2S. The molecule has 0 saturated heterocycles. The minimum atomic E-state index is 0.0677. The molecule has 0 aromatic heterocycles. The summed E-state index contributed by atoms with van der Waals surface area (Å²) in [6, 6.07) is 7.67. The first-order chi connectivity index (χ1) is 10.2. The number of nitrogens with two attached hydrogens (primary N) is 1. The lowest BCUT2D eigenvalue weighted by Crippen LogP contribution is -2.39. The van der Waals surface area contributed by atoms with Gasteiger partial charge in [0.05, 0.1) is 18.7 Å². The molecule has 3 N–H and O–H groups in total. The summed E-state index contributed by atoms with van der Waals surface area (Å²) in [6.45, 7) is 2.53. The smallest absolute Gasteiger partial charge is 0.223 e. The Balaban J connectivity index is 1.71. The van der Waals surface area contributed by atoms with Gasteiger partial charge in [-0.05, 0) is 30.7 Å². The molecule has 21 heavy (non-hydrogen) atoms. The van der Waals surface area contributed by atoms with Gasteiger partial charge in [-0.1, -0.05) is 25.5 Å². The van der Waals surface area contributed by atoms with Crippen LogP contribution < -0.4 is 15.8 Å². The maximum absolute atomic E-state index is 12.0. The molecule has 0 heterocycles. The summed E-state index contributed by atoms with van der Waals surface area (Å²) in [4.78, 5) is 12.0. The zero-order valence-electron chi connectivity index (χ0n) is 12.5. The number of hydrogen-bond acceptors (Lipinski definition) is 4. The summed E-state index contributed by atoms with van der Waals surface area (Å²) in [5.74, 6) is 1.82. The summed E-state index contributed by atoms with van der Waals surface area (Å²) in [7, 11) is 0. The van der Waals surface area contributed by atoms with Crippen molar-refractivity contribution >= 4 is 23.4 Å². The fourth-order valence-electron chi connectivity index (χ4n) is 2.65. The minimum absolute atomic E-state index is 0.0677. The number of amides is 1. The van der Waals surface area contributed by atoms with Crippen molar-refractivity contribution in [1.29, 1.82) is 0 Å². The van der Waals surface area contributed by atoms with Gasteiger partial charge in [0.2, 0.25) is 5.91 Å². The highest BCUT2D eigenvalue weighted by molar-refractivity contribution is 7.99. The lowest BCUT2D eigenvalue weighted by Gasteiger charge is -2.20. The van der Waals surface area contributed by atoms with Crippen LogP contribution in [0, 0.1) is 0 Å². The van der Waals surface area contributed by atoms with Crippen molar-refractivity contribution in [2.75, 3.05) is 18.1 Å². The van der Waals surface area contributed by atoms with E-state index in [0.717, 1.165) is 12.2 Å². The second kappa shape index (κ2) is 8.17. The van der Waals surface area contributed by atoms with Gasteiger partial charge in [0.1, 0.15) is 5.75 Å². The van der Waals surface area contributed by atoms with Crippen LogP contribution in [-0.4, -0.2) is 29.6 Å². The van der Waals surface area contributed by atoms with Crippen LogP contribution in [0.25, 0.3) is 0 Å². The van der Waals surface area contributed by atoms with Gasteiger partial charge >= 0.3 is 0 Å². The van der Waals surface area contributed by atoms with Crippen molar-refractivity contribution in [3.63, 3.8) is 0 Å². The highest BCUT2D eigenvalue weighted by Crippen LogP contribution is 2.29. The number of carbonyl (C=O) groups is 1. The highest BCUT2D eigenvalue weighted by Gasteiger charge is 2.28.